The maximum Gasteiger partial charge on any atom is 0.251 e. The maximum absolute atomic E-state index is 14.8. The minimum Gasteiger partial charge on any atom is -0.508 e. The molecule has 478 valence electrons. The summed E-state index contributed by atoms with van der Waals surface area (Å²) in [7, 11) is 0. The number of unbranched alkanes of at least 4 members (excludes halogenated alkanes) is 2. The summed E-state index contributed by atoms with van der Waals surface area (Å²) in [5, 5.41) is 102. The first-order valence-corrected chi connectivity index (χ1v) is 29.5. The lowest BCUT2D eigenvalue weighted by Crippen LogP contribution is -2.64. The lowest BCUT2D eigenvalue weighted by atomic mass is 9.96. The largest absolute Gasteiger partial charge is 0.508 e. The lowest BCUT2D eigenvalue weighted by molar-refractivity contribution is -0.150. The van der Waals surface area contributed by atoms with Crippen LogP contribution in [-0.2, 0) is 38.2 Å². The minimum absolute atomic E-state index is 0.0276. The fraction of sp³-hybridized carbons (Fsp3) is 0.500. The van der Waals surface area contributed by atoms with Gasteiger partial charge >= 0.3 is 0 Å². The minimum atomic E-state index is -2.30. The van der Waals surface area contributed by atoms with Crippen molar-refractivity contribution in [2.45, 2.75) is 145 Å². The number of phenols is 1. The van der Waals surface area contributed by atoms with E-state index in [1.165, 1.54) is 31.2 Å². The first-order valence-electron chi connectivity index (χ1n) is 29.5. The normalized spacial score (nSPS) is 26.5. The molecule has 4 aromatic carbocycles. The second kappa shape index (κ2) is 31.5. The number of hydrogen-bond donors (Lipinski definition) is 14. The highest BCUT2D eigenvalue weighted by Crippen LogP contribution is 2.30. The summed E-state index contributed by atoms with van der Waals surface area (Å²) >= 11 is 0. The smallest absolute Gasteiger partial charge is 0.251 e. The molecular formula is C62H82N8O18. The van der Waals surface area contributed by atoms with Gasteiger partial charge in [0.15, 0.2) is 6.23 Å². The van der Waals surface area contributed by atoms with Crippen molar-refractivity contribution >= 4 is 41.4 Å². The number of carbonyl (C=O) groups is 7. The summed E-state index contributed by atoms with van der Waals surface area (Å²) in [6.45, 7) is 5.29. The first kappa shape index (κ1) is 67.9. The van der Waals surface area contributed by atoms with Gasteiger partial charge in [-0.2, -0.15) is 0 Å². The van der Waals surface area contributed by atoms with Crippen molar-refractivity contribution in [3.63, 3.8) is 0 Å². The zero-order valence-electron chi connectivity index (χ0n) is 49.5. The number of aliphatic hydroxyl groups excluding tert-OH is 7. The van der Waals surface area contributed by atoms with E-state index in [0.717, 1.165) is 83.0 Å². The molecule has 26 nitrogen and oxygen atoms in total. The average Bonchev–Trinajstić information content (AvgIpc) is 2.10. The van der Waals surface area contributed by atoms with Crippen molar-refractivity contribution in [1.82, 2.24) is 36.4 Å². The summed E-state index contributed by atoms with van der Waals surface area (Å²) in [5.74, 6) is -8.44. The predicted molar refractivity (Wildman–Crippen MR) is 317 cm³/mol. The molecule has 0 radical (unpaired) electrons. The van der Waals surface area contributed by atoms with Crippen LogP contribution in [0.4, 0.5) is 0 Å². The Bertz CT molecular complexity index is 2990. The number of rotatable bonds is 20. The number of carbonyl (C=O) groups excluding carboxylic acids is 7. The number of nitrogens with one attached hydrogen (secondary N) is 5. The van der Waals surface area contributed by atoms with Crippen LogP contribution in [0.25, 0.3) is 22.3 Å². The van der Waals surface area contributed by atoms with Crippen LogP contribution in [0.5, 0.6) is 11.5 Å². The molecule has 26 heteroatoms. The standard InChI is InChI=1S/C62H82N8O18/c1-5-6-7-25-87-44-22-18-39(19-23-44)37-10-8-36(9-11-37)38-12-14-41(15-13-38)55(79)64-45-30-47(75)60(88-28-27-86-26-24-63)68-59(83)51-52(76)33(2)31-70(51)62(85)49(35(4)72)66-58(82)50(54(78)53(77)40-16-20-42(73)21-17-40)67-57(81)46-29-43(74)32-69(46)61(84)48(34(3)71)65-56(45)80/h8-23,33-35,43,45-54,60,71-78H,5-7,24-32,63H2,1-4H3,(H,64,79)(H,65,80)(H,66,82)(H,67,81)(H,68,83)/t33-,34+,35+,43+,45?,46?,47+,48?,49?,50?,51?,52-,53-,54-,60?/m0/s1. The molecule has 0 aliphatic carbocycles. The Balaban J connectivity index is 1.22. The highest BCUT2D eigenvalue weighted by molar-refractivity contribution is 6.00. The number of amides is 7. The molecule has 3 aliphatic rings. The Hall–Kier alpha value is -7.63. The number of hydrogen-bond acceptors (Lipinski definition) is 19. The van der Waals surface area contributed by atoms with Gasteiger partial charge < -0.3 is 97.2 Å². The van der Waals surface area contributed by atoms with Crippen LogP contribution in [0, 0.1) is 5.92 Å². The van der Waals surface area contributed by atoms with Crippen LogP contribution in [-0.4, -0.2) is 217 Å². The average molecular weight is 1230 g/mol. The van der Waals surface area contributed by atoms with Gasteiger partial charge in [-0.1, -0.05) is 87.4 Å². The van der Waals surface area contributed by atoms with E-state index in [9.17, 15) is 74.4 Å². The van der Waals surface area contributed by atoms with E-state index in [2.05, 4.69) is 33.5 Å². The van der Waals surface area contributed by atoms with E-state index in [1.807, 2.05) is 48.5 Å². The van der Waals surface area contributed by atoms with Crippen LogP contribution < -0.4 is 37.1 Å². The summed E-state index contributed by atoms with van der Waals surface area (Å²) in [6, 6.07) is 15.0. The summed E-state index contributed by atoms with van der Waals surface area (Å²) in [5.41, 5.74) is 9.00. The fourth-order valence-electron chi connectivity index (χ4n) is 10.8. The zero-order valence-corrected chi connectivity index (χ0v) is 49.5. The molecular weight excluding hydrogens is 1140 g/mol. The number of fused-ring (bicyclic) bond motifs is 2. The highest BCUT2D eigenvalue weighted by atomic mass is 16.5. The predicted octanol–water partition coefficient (Wildman–Crippen LogP) is -0.927. The maximum atomic E-state index is 14.8. The second-order valence-electron chi connectivity index (χ2n) is 22.5. The fourth-order valence-corrected chi connectivity index (χ4v) is 10.8. The van der Waals surface area contributed by atoms with Gasteiger partial charge in [-0.3, -0.25) is 33.6 Å². The number of ether oxygens (including phenoxy) is 3. The van der Waals surface area contributed by atoms with Gasteiger partial charge in [0.2, 0.25) is 35.4 Å². The molecule has 3 heterocycles. The van der Waals surface area contributed by atoms with E-state index in [4.69, 9.17) is 19.9 Å². The summed E-state index contributed by atoms with van der Waals surface area (Å²) < 4.78 is 17.2. The van der Waals surface area contributed by atoms with Crippen LogP contribution in [0.1, 0.15) is 81.8 Å². The van der Waals surface area contributed by atoms with E-state index < -0.39 is 152 Å². The van der Waals surface area contributed by atoms with Crippen molar-refractivity contribution in [3.8, 4) is 33.8 Å². The molecule has 3 saturated heterocycles. The number of aliphatic hydroxyl groups is 7. The molecule has 0 saturated carbocycles. The van der Waals surface area contributed by atoms with Crippen LogP contribution in [0.2, 0.25) is 0 Å². The van der Waals surface area contributed by atoms with Gasteiger partial charge in [0.1, 0.15) is 66.1 Å². The number of aromatic hydroxyl groups is 1. The molecule has 15 atom stereocenters. The SMILES string of the molecule is CCCCCOc1ccc(-c2ccc(-c3ccc(C(=O)NC4C[C@@H](O)C(OCCOCCN)NC(=O)C5[C@@H](O)[C@@H](C)CN5C(=O)C([C@@H](C)O)NC(=O)C([C@H](O)[C@@H](O)c5ccc(O)cc5)NC(=O)C5C[C@@H](O)CN5C(=O)C([C@@H](C)O)NC4=O)cc3)cc2)cc1. The van der Waals surface area contributed by atoms with Gasteiger partial charge in [0.25, 0.3) is 5.91 Å². The quantitative estimate of drug-likeness (QED) is 0.0476. The van der Waals surface area contributed by atoms with Gasteiger partial charge in [-0.05, 0) is 84.5 Å². The van der Waals surface area contributed by atoms with E-state index >= 15 is 0 Å². The Morgan fingerprint density at radius 1 is 0.648 bits per heavy atom. The molecule has 7 amide bonds. The number of nitrogens with zero attached hydrogens (tertiary/aromatic N) is 2. The number of nitrogens with two attached hydrogens (primary N) is 1. The third-order valence-electron chi connectivity index (χ3n) is 15.8. The van der Waals surface area contributed by atoms with Gasteiger partial charge in [0, 0.05) is 44.0 Å². The van der Waals surface area contributed by atoms with Crippen molar-refractivity contribution in [2.24, 2.45) is 11.7 Å². The summed E-state index contributed by atoms with van der Waals surface area (Å²) in [6.07, 6.45) is -12.9. The lowest BCUT2D eigenvalue weighted by Gasteiger charge is -2.34. The van der Waals surface area contributed by atoms with Gasteiger partial charge in [-0.15, -0.1) is 0 Å². The second-order valence-corrected chi connectivity index (χ2v) is 22.5. The van der Waals surface area contributed by atoms with E-state index in [1.54, 1.807) is 12.1 Å². The number of phenolic OH excluding ortho intramolecular Hbond substituents is 1. The molecule has 15 N–H and O–H groups in total. The zero-order chi connectivity index (χ0) is 63.9. The van der Waals surface area contributed by atoms with Gasteiger partial charge in [0.05, 0.1) is 50.8 Å². The Morgan fingerprint density at radius 3 is 1.78 bits per heavy atom. The first-order chi connectivity index (χ1) is 42.0. The van der Waals surface area contributed by atoms with Crippen molar-refractivity contribution < 1.29 is 88.6 Å². The molecule has 3 aliphatic heterocycles. The third kappa shape index (κ3) is 17.2. The molecule has 4 aromatic rings. The number of benzene rings is 4. The van der Waals surface area contributed by atoms with Crippen molar-refractivity contribution in [3.05, 3.63) is 108 Å². The Kier molecular flexibility index (Phi) is 24.3. The molecule has 3 fully saturated rings. The van der Waals surface area contributed by atoms with E-state index in [0.29, 0.717) is 6.61 Å². The summed E-state index contributed by atoms with van der Waals surface area (Å²) in [4.78, 5) is 104. The van der Waals surface area contributed by atoms with Gasteiger partial charge in [-0.25, -0.2) is 0 Å². The van der Waals surface area contributed by atoms with Crippen LogP contribution >= 0.6 is 0 Å². The Morgan fingerprint density at radius 2 is 1.20 bits per heavy atom. The van der Waals surface area contributed by atoms with E-state index in [-0.39, 0.29) is 49.8 Å². The Labute approximate surface area is 509 Å². The molecule has 0 bridgehead atoms. The topological polar surface area (TPSA) is 402 Å². The molecule has 0 spiro atoms. The molecule has 88 heavy (non-hydrogen) atoms. The van der Waals surface area contributed by atoms with Crippen molar-refractivity contribution in [1.29, 1.82) is 0 Å². The highest BCUT2D eigenvalue weighted by Gasteiger charge is 2.50. The molecule has 0 aromatic heterocycles. The van der Waals surface area contributed by atoms with Crippen molar-refractivity contribution in [2.75, 3.05) is 46.1 Å². The molecule has 7 rings (SSSR count). The monoisotopic (exact) mass is 1230 g/mol. The van der Waals surface area contributed by atoms with Crippen LogP contribution in [0.15, 0.2) is 97.1 Å². The third-order valence-corrected chi connectivity index (χ3v) is 15.8. The molecule has 7 unspecified atom stereocenters. The van der Waals surface area contributed by atoms with Crippen LogP contribution in [0.3, 0.4) is 0 Å².